The Kier molecular flexibility index (Phi) is 5.50. The van der Waals surface area contributed by atoms with Crippen molar-refractivity contribution in [3.8, 4) is 22.5 Å². The number of imidazole rings is 1. The maximum absolute atomic E-state index is 13.4. The number of H-pyrrole nitrogens is 1. The minimum absolute atomic E-state index is 0.302. The topological polar surface area (TPSA) is 69.8 Å². The van der Waals surface area contributed by atoms with E-state index in [0.717, 1.165) is 16.7 Å². The molecule has 0 unspecified atom stereocenters. The highest BCUT2D eigenvalue weighted by Crippen LogP contribution is 2.27. The van der Waals surface area contributed by atoms with E-state index < -0.39 is 0 Å². The molecule has 0 atom stereocenters. The van der Waals surface area contributed by atoms with Gasteiger partial charge in [0, 0.05) is 22.0 Å². The maximum atomic E-state index is 13.4. The lowest BCUT2D eigenvalue weighted by Crippen LogP contribution is -2.19. The average Bonchev–Trinajstić information content (AvgIpc) is 3.24. The summed E-state index contributed by atoms with van der Waals surface area (Å²) in [7, 11) is 0. The fourth-order valence-corrected chi connectivity index (χ4v) is 3.67. The van der Waals surface area contributed by atoms with Gasteiger partial charge in [-0.05, 0) is 65.7 Å². The third-order valence-corrected chi connectivity index (χ3v) is 5.41. The quantitative estimate of drug-likeness (QED) is 0.265. The Morgan fingerprint density at radius 2 is 1.52 bits per heavy atom. The lowest BCUT2D eigenvalue weighted by Gasteiger charge is -2.10. The molecule has 0 saturated carbocycles. The Morgan fingerprint density at radius 3 is 2.30 bits per heavy atom. The van der Waals surface area contributed by atoms with Gasteiger partial charge in [-0.1, -0.05) is 48.0 Å². The van der Waals surface area contributed by atoms with Crippen LogP contribution in [0.2, 0.25) is 5.02 Å². The van der Waals surface area contributed by atoms with Crippen LogP contribution in [0.3, 0.4) is 0 Å². The summed E-state index contributed by atoms with van der Waals surface area (Å²) in [6.07, 6.45) is 0. The zero-order valence-electron chi connectivity index (χ0n) is 17.3. The maximum Gasteiger partial charge on any atom is 0.323 e. The molecule has 162 valence electrons. The number of fused-ring (bicyclic) bond motifs is 1. The van der Waals surface area contributed by atoms with E-state index in [4.69, 9.17) is 11.6 Å². The van der Waals surface area contributed by atoms with Crippen molar-refractivity contribution in [2.75, 3.05) is 10.6 Å². The summed E-state index contributed by atoms with van der Waals surface area (Å²) in [4.78, 5) is 20.0. The number of nitrogens with one attached hydrogen (secondary N) is 3. The van der Waals surface area contributed by atoms with E-state index in [1.54, 1.807) is 30.3 Å². The second-order valence-electron chi connectivity index (χ2n) is 7.49. The van der Waals surface area contributed by atoms with Crippen LogP contribution in [0.4, 0.5) is 20.6 Å². The molecule has 1 heterocycles. The Labute approximate surface area is 194 Å². The Balaban J connectivity index is 1.31. The van der Waals surface area contributed by atoms with Gasteiger partial charge in [0.25, 0.3) is 0 Å². The predicted molar refractivity (Wildman–Crippen MR) is 131 cm³/mol. The Hall–Kier alpha value is -4.16. The number of nitrogens with zero attached hydrogens (tertiary/aromatic N) is 1. The molecule has 0 bridgehead atoms. The molecule has 0 aliphatic carbocycles. The van der Waals surface area contributed by atoms with Crippen LogP contribution < -0.4 is 10.6 Å². The first-order valence-corrected chi connectivity index (χ1v) is 10.6. The lowest BCUT2D eigenvalue weighted by molar-refractivity contribution is 0.262. The van der Waals surface area contributed by atoms with Crippen LogP contribution in [-0.4, -0.2) is 16.0 Å². The predicted octanol–water partition coefficient (Wildman–Crippen LogP) is 7.33. The summed E-state index contributed by atoms with van der Waals surface area (Å²) in [5.41, 5.74) is 5.53. The van der Waals surface area contributed by atoms with E-state index in [2.05, 4.69) is 20.6 Å². The van der Waals surface area contributed by atoms with Gasteiger partial charge in [0.05, 0.1) is 11.0 Å². The number of hydrogen-bond donors (Lipinski definition) is 3. The van der Waals surface area contributed by atoms with Crippen LogP contribution in [0.1, 0.15) is 0 Å². The minimum atomic E-state index is -0.342. The molecule has 0 saturated heterocycles. The number of anilines is 2. The van der Waals surface area contributed by atoms with Crippen molar-refractivity contribution in [1.82, 2.24) is 9.97 Å². The van der Waals surface area contributed by atoms with Gasteiger partial charge in [0.2, 0.25) is 0 Å². The first kappa shape index (κ1) is 20.7. The molecule has 5 rings (SSSR count). The van der Waals surface area contributed by atoms with Gasteiger partial charge >= 0.3 is 6.03 Å². The third kappa shape index (κ3) is 4.71. The van der Waals surface area contributed by atoms with Crippen molar-refractivity contribution in [3.05, 3.63) is 102 Å². The fourth-order valence-electron chi connectivity index (χ4n) is 3.54. The molecule has 3 N–H and O–H groups in total. The standard InChI is InChI=1S/C26H18ClFN4O/c27-19-8-11-21(12-9-19)29-26(33)30-22-3-1-2-18(14-22)16-4-6-17(7-5-16)25-31-23-13-10-20(28)15-24(23)32-25/h1-15H,(H,31,32)(H2,29,30,33). The van der Waals surface area contributed by atoms with Gasteiger partial charge in [-0.25, -0.2) is 14.2 Å². The third-order valence-electron chi connectivity index (χ3n) is 5.16. The van der Waals surface area contributed by atoms with Crippen molar-refractivity contribution in [2.24, 2.45) is 0 Å². The van der Waals surface area contributed by atoms with Gasteiger partial charge in [-0.3, -0.25) is 0 Å². The van der Waals surface area contributed by atoms with E-state index in [9.17, 15) is 9.18 Å². The van der Waals surface area contributed by atoms with E-state index >= 15 is 0 Å². The summed E-state index contributed by atoms with van der Waals surface area (Å²) >= 11 is 5.88. The van der Waals surface area contributed by atoms with Crippen LogP contribution in [0, 0.1) is 5.82 Å². The molecule has 0 fully saturated rings. The zero-order chi connectivity index (χ0) is 22.8. The van der Waals surface area contributed by atoms with E-state index in [0.29, 0.717) is 33.3 Å². The Bertz CT molecular complexity index is 1450. The number of benzene rings is 4. The van der Waals surface area contributed by atoms with E-state index in [-0.39, 0.29) is 11.8 Å². The van der Waals surface area contributed by atoms with Crippen molar-refractivity contribution < 1.29 is 9.18 Å². The highest BCUT2D eigenvalue weighted by Gasteiger charge is 2.08. The molecule has 5 aromatic rings. The summed E-state index contributed by atoms with van der Waals surface area (Å²) < 4.78 is 13.4. The van der Waals surface area contributed by atoms with Gasteiger partial charge < -0.3 is 15.6 Å². The SMILES string of the molecule is O=C(Nc1ccc(Cl)cc1)Nc1cccc(-c2ccc(-c3nc4ccc(F)cc4[nH]3)cc2)c1. The van der Waals surface area contributed by atoms with Crippen LogP contribution in [0.15, 0.2) is 91.0 Å². The second-order valence-corrected chi connectivity index (χ2v) is 7.93. The molecular formula is C26H18ClFN4O. The zero-order valence-corrected chi connectivity index (χ0v) is 18.0. The van der Waals surface area contributed by atoms with Crippen LogP contribution in [-0.2, 0) is 0 Å². The number of urea groups is 1. The van der Waals surface area contributed by atoms with Gasteiger partial charge in [-0.2, -0.15) is 0 Å². The first-order chi connectivity index (χ1) is 16.0. The van der Waals surface area contributed by atoms with Gasteiger partial charge in [-0.15, -0.1) is 0 Å². The number of hydrogen-bond acceptors (Lipinski definition) is 2. The van der Waals surface area contributed by atoms with Crippen LogP contribution in [0.25, 0.3) is 33.5 Å². The van der Waals surface area contributed by atoms with Gasteiger partial charge in [0.15, 0.2) is 0 Å². The summed E-state index contributed by atoms with van der Waals surface area (Å²) in [6, 6.07) is 26.5. The average molecular weight is 457 g/mol. The number of rotatable bonds is 4. The lowest BCUT2D eigenvalue weighted by atomic mass is 10.0. The normalized spacial score (nSPS) is 10.8. The largest absolute Gasteiger partial charge is 0.338 e. The molecule has 33 heavy (non-hydrogen) atoms. The monoisotopic (exact) mass is 456 g/mol. The minimum Gasteiger partial charge on any atom is -0.338 e. The number of aromatic amines is 1. The fraction of sp³-hybridized carbons (Fsp3) is 0. The molecule has 4 aromatic carbocycles. The second kappa shape index (κ2) is 8.76. The molecule has 0 aliphatic rings. The summed E-state index contributed by atoms with van der Waals surface area (Å²) in [5.74, 6) is 0.375. The first-order valence-electron chi connectivity index (χ1n) is 10.2. The van der Waals surface area contributed by atoms with E-state index in [1.807, 2.05) is 48.5 Å². The van der Waals surface area contributed by atoms with Crippen molar-refractivity contribution in [1.29, 1.82) is 0 Å². The number of halogens is 2. The molecule has 7 heteroatoms. The summed E-state index contributed by atoms with van der Waals surface area (Å²) in [6.45, 7) is 0. The number of aromatic nitrogens is 2. The van der Waals surface area contributed by atoms with Gasteiger partial charge in [0.1, 0.15) is 11.6 Å². The number of carbonyl (C=O) groups excluding carboxylic acids is 1. The number of amides is 2. The highest BCUT2D eigenvalue weighted by atomic mass is 35.5. The highest BCUT2D eigenvalue weighted by molar-refractivity contribution is 6.30. The van der Waals surface area contributed by atoms with Crippen LogP contribution in [0.5, 0.6) is 0 Å². The molecule has 2 amide bonds. The van der Waals surface area contributed by atoms with Crippen LogP contribution >= 0.6 is 11.6 Å². The smallest absolute Gasteiger partial charge is 0.323 e. The molecular weight excluding hydrogens is 439 g/mol. The van der Waals surface area contributed by atoms with Crippen molar-refractivity contribution in [3.63, 3.8) is 0 Å². The Morgan fingerprint density at radius 1 is 0.788 bits per heavy atom. The van der Waals surface area contributed by atoms with Crippen molar-refractivity contribution in [2.45, 2.75) is 0 Å². The molecule has 0 spiro atoms. The number of carbonyl (C=O) groups is 1. The molecule has 1 aromatic heterocycles. The molecule has 0 radical (unpaired) electrons. The summed E-state index contributed by atoms with van der Waals surface area (Å²) in [5, 5.41) is 6.22. The molecule has 5 nitrogen and oxygen atoms in total. The molecule has 0 aliphatic heterocycles. The van der Waals surface area contributed by atoms with Crippen molar-refractivity contribution >= 4 is 40.0 Å². The van der Waals surface area contributed by atoms with E-state index in [1.165, 1.54) is 12.1 Å².